The van der Waals surface area contributed by atoms with Crippen molar-refractivity contribution in [2.45, 2.75) is 62.9 Å². The summed E-state index contributed by atoms with van der Waals surface area (Å²) in [6.45, 7) is 0.300. The van der Waals surface area contributed by atoms with Crippen LogP contribution >= 0.6 is 0 Å². The Morgan fingerprint density at radius 1 is 0.976 bits per heavy atom. The van der Waals surface area contributed by atoms with E-state index in [0.717, 1.165) is 15.8 Å². The highest BCUT2D eigenvalue weighted by atomic mass is 16.3. The number of amides is 4. The number of aliphatic hydroxyl groups excluding tert-OH is 1. The van der Waals surface area contributed by atoms with Gasteiger partial charge in [0.05, 0.1) is 30.1 Å². The summed E-state index contributed by atoms with van der Waals surface area (Å²) in [5.74, 6) is -3.19. The molecular weight excluding hydrogens is 524 g/mol. The molecule has 1 aliphatic heterocycles. The van der Waals surface area contributed by atoms with Gasteiger partial charge >= 0.3 is 0 Å². The third kappa shape index (κ3) is 7.12. The number of hydrogen-bond acceptors (Lipinski definition) is 8. The largest absolute Gasteiger partial charge is 0.390 e. The van der Waals surface area contributed by atoms with E-state index in [4.69, 9.17) is 17.2 Å². The summed E-state index contributed by atoms with van der Waals surface area (Å²) in [5, 5.41) is 12.5. The summed E-state index contributed by atoms with van der Waals surface area (Å²) in [4.78, 5) is 59.2. The standard InChI is InChI=1S/C30H36N6O5/c31-21(18-26(32)38)29(40)36(30(41)23-15-14-20-10-4-5-11-22(20)34-23)28(35-17-7-6-12-24(35)27(33)39)25(37)16-13-19-8-2-1-3-9-19/h1-5,8-11,14-15,21,24-25,28,37H,6-7,12-13,16-18,31H2,(H2,32,38)(H2,33,39)/t21-,24-,25+,28?/m0/s1. The van der Waals surface area contributed by atoms with Crippen LogP contribution in [0.3, 0.4) is 0 Å². The van der Waals surface area contributed by atoms with Crippen molar-refractivity contribution >= 4 is 34.5 Å². The van der Waals surface area contributed by atoms with Crippen molar-refractivity contribution in [3.63, 3.8) is 0 Å². The number of benzene rings is 2. The van der Waals surface area contributed by atoms with Gasteiger partial charge in [0.15, 0.2) is 0 Å². The molecule has 1 aromatic heterocycles. The fourth-order valence-corrected chi connectivity index (χ4v) is 5.37. The number of aryl methyl sites for hydroxylation is 1. The van der Waals surface area contributed by atoms with E-state index in [0.29, 0.717) is 37.7 Å². The van der Waals surface area contributed by atoms with Gasteiger partial charge in [-0.2, -0.15) is 0 Å². The summed E-state index contributed by atoms with van der Waals surface area (Å²) in [6, 6.07) is 17.5. The van der Waals surface area contributed by atoms with Crippen LogP contribution in [0.4, 0.5) is 0 Å². The molecule has 216 valence electrons. The van der Waals surface area contributed by atoms with Crippen LogP contribution in [0.25, 0.3) is 10.9 Å². The van der Waals surface area contributed by atoms with Crippen LogP contribution in [-0.4, -0.2) is 74.4 Å². The molecule has 0 bridgehead atoms. The lowest BCUT2D eigenvalue weighted by molar-refractivity contribution is -0.148. The van der Waals surface area contributed by atoms with Gasteiger partial charge < -0.3 is 22.3 Å². The van der Waals surface area contributed by atoms with Gasteiger partial charge in [-0.25, -0.2) is 4.98 Å². The van der Waals surface area contributed by atoms with Gasteiger partial charge in [0.1, 0.15) is 11.9 Å². The molecule has 0 radical (unpaired) electrons. The number of aliphatic hydroxyl groups is 1. The van der Waals surface area contributed by atoms with Gasteiger partial charge in [-0.1, -0.05) is 61.0 Å². The Balaban J connectivity index is 1.80. The number of hydrogen-bond donors (Lipinski definition) is 4. The van der Waals surface area contributed by atoms with Gasteiger partial charge in [0.2, 0.25) is 17.7 Å². The van der Waals surface area contributed by atoms with Gasteiger partial charge in [0, 0.05) is 11.9 Å². The lowest BCUT2D eigenvalue weighted by Crippen LogP contribution is -2.66. The van der Waals surface area contributed by atoms with Crippen LogP contribution in [0.5, 0.6) is 0 Å². The Hall–Kier alpha value is -4.19. The summed E-state index contributed by atoms with van der Waals surface area (Å²) < 4.78 is 0. The number of primary amides is 2. The van der Waals surface area contributed by atoms with E-state index < -0.39 is 54.4 Å². The second-order valence-electron chi connectivity index (χ2n) is 10.3. The third-order valence-electron chi connectivity index (χ3n) is 7.40. The van der Waals surface area contributed by atoms with E-state index in [9.17, 15) is 24.3 Å². The highest BCUT2D eigenvalue weighted by Crippen LogP contribution is 2.27. The molecule has 41 heavy (non-hydrogen) atoms. The molecule has 2 aromatic carbocycles. The van der Waals surface area contributed by atoms with Crippen LogP contribution < -0.4 is 17.2 Å². The van der Waals surface area contributed by atoms with Crippen LogP contribution in [0.1, 0.15) is 48.2 Å². The molecule has 3 aromatic rings. The lowest BCUT2D eigenvalue weighted by Gasteiger charge is -2.46. The van der Waals surface area contributed by atoms with E-state index in [1.807, 2.05) is 42.5 Å². The summed E-state index contributed by atoms with van der Waals surface area (Å²) >= 11 is 0. The third-order valence-corrected chi connectivity index (χ3v) is 7.40. The van der Waals surface area contributed by atoms with Crippen molar-refractivity contribution in [2.24, 2.45) is 17.2 Å². The van der Waals surface area contributed by atoms with Crippen molar-refractivity contribution in [2.75, 3.05) is 6.54 Å². The average Bonchev–Trinajstić information content (AvgIpc) is 2.97. The zero-order valence-corrected chi connectivity index (χ0v) is 22.8. The van der Waals surface area contributed by atoms with Crippen molar-refractivity contribution in [3.8, 4) is 0 Å². The molecule has 0 saturated carbocycles. The maximum atomic E-state index is 14.2. The van der Waals surface area contributed by atoms with Crippen LogP contribution in [0.2, 0.25) is 0 Å². The number of rotatable bonds is 11. The number of nitrogens with two attached hydrogens (primary N) is 3. The Bertz CT molecular complexity index is 1400. The minimum absolute atomic E-state index is 0.0591. The number of para-hydroxylation sites is 1. The molecule has 1 aliphatic rings. The number of carbonyl (C=O) groups excluding carboxylic acids is 4. The quantitative estimate of drug-likeness (QED) is 0.268. The fourth-order valence-electron chi connectivity index (χ4n) is 5.37. The second-order valence-corrected chi connectivity index (χ2v) is 10.3. The van der Waals surface area contributed by atoms with Gasteiger partial charge in [-0.15, -0.1) is 0 Å². The first kappa shape index (κ1) is 29.8. The molecule has 4 amide bonds. The van der Waals surface area contributed by atoms with Crippen molar-refractivity contribution in [3.05, 3.63) is 78.0 Å². The lowest BCUT2D eigenvalue weighted by atomic mass is 9.96. The first-order valence-electron chi connectivity index (χ1n) is 13.7. The minimum atomic E-state index is -1.46. The number of carbonyl (C=O) groups is 4. The molecule has 11 nitrogen and oxygen atoms in total. The fraction of sp³-hybridized carbons (Fsp3) is 0.367. The molecule has 4 rings (SSSR count). The van der Waals surface area contributed by atoms with Crippen molar-refractivity contribution in [1.82, 2.24) is 14.8 Å². The van der Waals surface area contributed by atoms with Gasteiger partial charge in [0.25, 0.3) is 5.91 Å². The van der Waals surface area contributed by atoms with Gasteiger partial charge in [-0.3, -0.25) is 29.0 Å². The summed E-state index contributed by atoms with van der Waals surface area (Å²) in [6.07, 6.45) is -0.743. The Morgan fingerprint density at radius 2 is 1.68 bits per heavy atom. The molecular formula is C30H36N6O5. The molecule has 1 saturated heterocycles. The van der Waals surface area contributed by atoms with Crippen LogP contribution in [0, 0.1) is 0 Å². The number of piperidine rings is 1. The predicted octanol–water partition coefficient (Wildman–Crippen LogP) is 1.07. The first-order chi connectivity index (χ1) is 19.7. The van der Waals surface area contributed by atoms with E-state index in [1.54, 1.807) is 23.1 Å². The maximum absolute atomic E-state index is 14.2. The second kappa shape index (κ2) is 13.4. The number of imide groups is 1. The molecule has 0 aliphatic carbocycles. The number of likely N-dealkylation sites (tertiary alicyclic amines) is 1. The van der Waals surface area contributed by atoms with Crippen molar-refractivity contribution in [1.29, 1.82) is 0 Å². The molecule has 4 atom stereocenters. The zero-order valence-electron chi connectivity index (χ0n) is 22.8. The molecule has 1 fully saturated rings. The molecule has 1 unspecified atom stereocenters. The van der Waals surface area contributed by atoms with Crippen molar-refractivity contribution < 1.29 is 24.3 Å². The Labute approximate surface area is 238 Å². The number of fused-ring (bicyclic) bond motifs is 1. The highest BCUT2D eigenvalue weighted by Gasteiger charge is 2.45. The molecule has 2 heterocycles. The number of nitrogens with zero attached hydrogens (tertiary/aromatic N) is 3. The smallest absolute Gasteiger partial charge is 0.280 e. The monoisotopic (exact) mass is 560 g/mol. The molecule has 11 heteroatoms. The number of aromatic nitrogens is 1. The first-order valence-corrected chi connectivity index (χ1v) is 13.7. The zero-order chi connectivity index (χ0) is 29.5. The summed E-state index contributed by atoms with van der Waals surface area (Å²) in [7, 11) is 0. The molecule has 0 spiro atoms. The van der Waals surface area contributed by atoms with Crippen LogP contribution in [0.15, 0.2) is 66.7 Å². The van der Waals surface area contributed by atoms with Gasteiger partial charge in [-0.05, 0) is 43.4 Å². The predicted molar refractivity (Wildman–Crippen MR) is 153 cm³/mol. The van der Waals surface area contributed by atoms with E-state index in [2.05, 4.69) is 4.98 Å². The maximum Gasteiger partial charge on any atom is 0.280 e. The normalized spacial score (nSPS) is 17.9. The minimum Gasteiger partial charge on any atom is -0.390 e. The molecule has 7 N–H and O–H groups in total. The average molecular weight is 561 g/mol. The number of pyridine rings is 1. The Morgan fingerprint density at radius 3 is 2.39 bits per heavy atom. The highest BCUT2D eigenvalue weighted by molar-refractivity contribution is 6.07. The van der Waals surface area contributed by atoms with E-state index in [-0.39, 0.29) is 12.1 Å². The topological polar surface area (TPSA) is 186 Å². The van der Waals surface area contributed by atoms with E-state index in [1.165, 1.54) is 6.07 Å². The van der Waals surface area contributed by atoms with Crippen LogP contribution in [-0.2, 0) is 20.8 Å². The SMILES string of the molecule is NC(=O)C[C@H](N)C(=O)N(C(=O)c1ccc2ccccc2n1)C([C@H](O)CCc1ccccc1)N1CCCC[C@H]1C(N)=O. The summed E-state index contributed by atoms with van der Waals surface area (Å²) in [5.41, 5.74) is 18.6. The van der Waals surface area contributed by atoms with E-state index >= 15 is 0 Å². The Kier molecular flexibility index (Phi) is 9.77.